The number of nitrogens with zero attached hydrogens (tertiary/aromatic N) is 1. The second-order valence-electron chi connectivity index (χ2n) is 4.80. The lowest BCUT2D eigenvalue weighted by molar-refractivity contribution is -0.384. The molecular weight excluding hydrogens is 270 g/mol. The van der Waals surface area contributed by atoms with Crippen LogP contribution in [0.5, 0.6) is 0 Å². The maximum atomic E-state index is 11.7. The third-order valence-corrected chi connectivity index (χ3v) is 3.43. The van der Waals surface area contributed by atoms with Crippen LogP contribution < -0.4 is 10.6 Å². The molecule has 0 radical (unpaired) electrons. The highest BCUT2D eigenvalue weighted by molar-refractivity contribution is 5.94. The molecule has 1 unspecified atom stereocenters. The second kappa shape index (κ2) is 5.34. The van der Waals surface area contributed by atoms with E-state index in [1.54, 1.807) is 6.07 Å². The summed E-state index contributed by atoms with van der Waals surface area (Å²) in [5.74, 6) is -0.129. The van der Waals surface area contributed by atoms with Crippen LogP contribution >= 0.6 is 0 Å². The monoisotopic (exact) mass is 283 g/mol. The number of rotatable bonds is 2. The van der Waals surface area contributed by atoms with Gasteiger partial charge in [0.05, 0.1) is 17.5 Å². The largest absolute Gasteiger partial charge is 0.325 e. The molecule has 106 valence electrons. The second-order valence-corrected chi connectivity index (χ2v) is 4.80. The molecule has 1 heterocycles. The molecule has 0 bridgehead atoms. The molecule has 2 aromatic carbocycles. The molecule has 2 N–H and O–H groups in total. The highest BCUT2D eigenvalue weighted by atomic mass is 16.6. The minimum Gasteiger partial charge on any atom is -0.325 e. The van der Waals surface area contributed by atoms with Crippen LogP contribution in [-0.4, -0.2) is 17.4 Å². The highest BCUT2D eigenvalue weighted by Gasteiger charge is 2.23. The van der Waals surface area contributed by atoms with Crippen molar-refractivity contribution in [2.24, 2.45) is 0 Å². The van der Waals surface area contributed by atoms with E-state index in [1.165, 1.54) is 12.1 Å². The molecule has 0 saturated carbocycles. The van der Waals surface area contributed by atoms with E-state index in [2.05, 4.69) is 10.6 Å². The lowest BCUT2D eigenvalue weighted by atomic mass is 9.97. The van der Waals surface area contributed by atoms with E-state index in [9.17, 15) is 14.9 Å². The molecule has 0 fully saturated rings. The number of nitro benzene ring substituents is 1. The Labute approximate surface area is 120 Å². The summed E-state index contributed by atoms with van der Waals surface area (Å²) >= 11 is 0. The summed E-state index contributed by atoms with van der Waals surface area (Å²) in [6.45, 7) is 0.155. The number of carbonyl (C=O) groups excluding carboxylic acids is 1. The third kappa shape index (κ3) is 2.61. The molecule has 0 aliphatic carbocycles. The highest BCUT2D eigenvalue weighted by Crippen LogP contribution is 2.31. The lowest BCUT2D eigenvalue weighted by Crippen LogP contribution is -2.27. The van der Waals surface area contributed by atoms with Crippen molar-refractivity contribution < 1.29 is 9.72 Å². The van der Waals surface area contributed by atoms with Gasteiger partial charge in [-0.2, -0.15) is 0 Å². The zero-order valence-electron chi connectivity index (χ0n) is 11.1. The van der Waals surface area contributed by atoms with Crippen LogP contribution in [0.1, 0.15) is 17.2 Å². The van der Waals surface area contributed by atoms with Crippen molar-refractivity contribution in [1.82, 2.24) is 5.32 Å². The van der Waals surface area contributed by atoms with Gasteiger partial charge in [-0.25, -0.2) is 0 Å². The lowest BCUT2D eigenvalue weighted by Gasteiger charge is -2.18. The smallest absolute Gasteiger partial charge is 0.269 e. The Morgan fingerprint density at radius 3 is 2.76 bits per heavy atom. The van der Waals surface area contributed by atoms with Crippen molar-refractivity contribution in [2.75, 3.05) is 11.9 Å². The third-order valence-electron chi connectivity index (χ3n) is 3.43. The Morgan fingerprint density at radius 1 is 1.14 bits per heavy atom. The topological polar surface area (TPSA) is 84.3 Å². The number of non-ortho nitro benzene ring substituents is 1. The fourth-order valence-electron chi connectivity index (χ4n) is 2.48. The van der Waals surface area contributed by atoms with Gasteiger partial charge in [-0.05, 0) is 17.2 Å². The predicted octanol–water partition coefficient (Wildman–Crippen LogP) is 2.23. The summed E-state index contributed by atoms with van der Waals surface area (Å²) in [6, 6.07) is 13.6. The molecule has 1 atom stereocenters. The summed E-state index contributed by atoms with van der Waals surface area (Å²) < 4.78 is 0. The molecule has 6 heteroatoms. The van der Waals surface area contributed by atoms with Gasteiger partial charge in [0, 0.05) is 17.8 Å². The first-order chi connectivity index (χ1) is 10.1. The number of anilines is 1. The Bertz CT molecular complexity index is 715. The summed E-state index contributed by atoms with van der Waals surface area (Å²) in [7, 11) is 0. The van der Waals surface area contributed by atoms with E-state index in [-0.39, 0.29) is 24.2 Å². The maximum Gasteiger partial charge on any atom is 0.269 e. The van der Waals surface area contributed by atoms with E-state index in [1.807, 2.05) is 30.3 Å². The van der Waals surface area contributed by atoms with Crippen LogP contribution in [0.3, 0.4) is 0 Å². The van der Waals surface area contributed by atoms with Crippen LogP contribution in [-0.2, 0) is 4.79 Å². The molecule has 1 aliphatic rings. The van der Waals surface area contributed by atoms with Crippen LogP contribution in [0.15, 0.2) is 48.5 Å². The summed E-state index contributed by atoms with van der Waals surface area (Å²) in [4.78, 5) is 22.2. The number of hydrogen-bond acceptors (Lipinski definition) is 4. The van der Waals surface area contributed by atoms with Crippen molar-refractivity contribution in [2.45, 2.75) is 6.04 Å². The summed E-state index contributed by atoms with van der Waals surface area (Å²) in [6.07, 6.45) is 0. The Balaban J connectivity index is 2.07. The Kier molecular flexibility index (Phi) is 3.37. The van der Waals surface area contributed by atoms with Crippen molar-refractivity contribution in [3.8, 4) is 0 Å². The number of nitrogens with one attached hydrogen (secondary N) is 2. The van der Waals surface area contributed by atoms with Gasteiger partial charge in [-0.15, -0.1) is 0 Å². The number of amides is 1. The fourth-order valence-corrected chi connectivity index (χ4v) is 2.48. The average molecular weight is 283 g/mol. The van der Waals surface area contributed by atoms with Crippen LogP contribution in [0.2, 0.25) is 0 Å². The molecule has 0 saturated heterocycles. The maximum absolute atomic E-state index is 11.7. The molecular formula is C15H13N3O3. The van der Waals surface area contributed by atoms with Gasteiger partial charge < -0.3 is 5.32 Å². The molecule has 0 aromatic heterocycles. The summed E-state index contributed by atoms with van der Waals surface area (Å²) in [5.41, 5.74) is 2.41. The number of fused-ring (bicyclic) bond motifs is 1. The number of carbonyl (C=O) groups is 1. The Hall–Kier alpha value is -2.73. The van der Waals surface area contributed by atoms with Gasteiger partial charge in [0.15, 0.2) is 0 Å². The molecule has 1 amide bonds. The number of hydrogen-bond donors (Lipinski definition) is 2. The average Bonchev–Trinajstić information content (AvgIpc) is 2.65. The van der Waals surface area contributed by atoms with Crippen LogP contribution in [0, 0.1) is 10.1 Å². The van der Waals surface area contributed by atoms with Gasteiger partial charge in [-0.1, -0.05) is 30.3 Å². The first-order valence-corrected chi connectivity index (χ1v) is 6.51. The minimum atomic E-state index is -0.421. The minimum absolute atomic E-state index is 0.0373. The number of nitro groups is 1. The number of para-hydroxylation sites is 1. The van der Waals surface area contributed by atoms with Crippen molar-refractivity contribution in [3.63, 3.8) is 0 Å². The quantitative estimate of drug-likeness (QED) is 0.654. The molecule has 6 nitrogen and oxygen atoms in total. The fraction of sp³-hybridized carbons (Fsp3) is 0.133. The van der Waals surface area contributed by atoms with Gasteiger partial charge in [0.1, 0.15) is 0 Å². The SMILES string of the molecule is O=C1CNC(c2cccc([N+](=O)[O-])c2)c2ccccc2N1. The first-order valence-electron chi connectivity index (χ1n) is 6.51. The Morgan fingerprint density at radius 2 is 1.95 bits per heavy atom. The van der Waals surface area contributed by atoms with Crippen LogP contribution in [0.25, 0.3) is 0 Å². The first kappa shape index (κ1) is 13.3. The van der Waals surface area contributed by atoms with E-state index < -0.39 is 4.92 Å². The van der Waals surface area contributed by atoms with Crippen molar-refractivity contribution >= 4 is 17.3 Å². The summed E-state index contributed by atoms with van der Waals surface area (Å²) in [5, 5.41) is 16.9. The number of benzene rings is 2. The van der Waals surface area contributed by atoms with E-state index in [4.69, 9.17) is 0 Å². The molecule has 3 rings (SSSR count). The normalized spacial score (nSPS) is 17.5. The van der Waals surface area contributed by atoms with E-state index >= 15 is 0 Å². The van der Waals surface area contributed by atoms with Gasteiger partial charge in [-0.3, -0.25) is 20.2 Å². The van der Waals surface area contributed by atoms with E-state index in [0.29, 0.717) is 0 Å². The van der Waals surface area contributed by atoms with Gasteiger partial charge in [0.25, 0.3) is 5.69 Å². The molecule has 0 spiro atoms. The van der Waals surface area contributed by atoms with Gasteiger partial charge >= 0.3 is 0 Å². The zero-order valence-corrected chi connectivity index (χ0v) is 11.1. The molecule has 2 aromatic rings. The zero-order chi connectivity index (χ0) is 14.8. The predicted molar refractivity (Wildman–Crippen MR) is 78.0 cm³/mol. The molecule has 21 heavy (non-hydrogen) atoms. The standard InChI is InChI=1S/C15H13N3O3/c19-14-9-16-15(12-6-1-2-7-13(12)17-14)10-4-3-5-11(8-10)18(20)21/h1-8,15-16H,9H2,(H,17,19). The van der Waals surface area contributed by atoms with Crippen molar-refractivity contribution in [3.05, 3.63) is 69.8 Å². The van der Waals surface area contributed by atoms with Crippen LogP contribution in [0.4, 0.5) is 11.4 Å². The molecule has 1 aliphatic heterocycles. The van der Waals surface area contributed by atoms with Gasteiger partial charge in [0.2, 0.25) is 5.91 Å². The van der Waals surface area contributed by atoms with E-state index in [0.717, 1.165) is 16.8 Å². The van der Waals surface area contributed by atoms with Crippen molar-refractivity contribution in [1.29, 1.82) is 0 Å².